The Hall–Kier alpha value is -1.89. The van der Waals surface area contributed by atoms with Gasteiger partial charge in [-0.2, -0.15) is 10.4 Å². The summed E-state index contributed by atoms with van der Waals surface area (Å²) in [6.07, 6.45) is 1.76. The minimum absolute atomic E-state index is 0.377. The first kappa shape index (κ1) is 12.2. The summed E-state index contributed by atoms with van der Waals surface area (Å²) in [6.45, 7) is 8.15. The normalized spacial score (nSPS) is 9.75. The molecule has 0 bridgehead atoms. The highest BCUT2D eigenvalue weighted by molar-refractivity contribution is 5.42. The highest BCUT2D eigenvalue weighted by Gasteiger charge is 2.06. The van der Waals surface area contributed by atoms with Crippen molar-refractivity contribution in [3.63, 3.8) is 0 Å². The molecule has 0 atom stereocenters. The predicted octanol–water partition coefficient (Wildman–Crippen LogP) is 2.75. The number of hydrogen-bond acceptors (Lipinski definition) is 3. The maximum absolute atomic E-state index is 8.67. The van der Waals surface area contributed by atoms with Crippen molar-refractivity contribution in [1.82, 2.24) is 14.6 Å². The van der Waals surface area contributed by atoms with Gasteiger partial charge in [-0.1, -0.05) is 27.7 Å². The van der Waals surface area contributed by atoms with E-state index in [0.717, 1.165) is 11.3 Å². The molecule has 0 N–H and O–H groups in total. The topological polar surface area (TPSA) is 54.0 Å². The van der Waals surface area contributed by atoms with Crippen molar-refractivity contribution in [1.29, 1.82) is 5.26 Å². The molecular weight excluding hydrogens is 200 g/mol. The molecule has 0 fully saturated rings. The lowest BCUT2D eigenvalue weighted by atomic mass is 10.1. The van der Waals surface area contributed by atoms with Crippen LogP contribution in [0.1, 0.15) is 45.0 Å². The first-order valence-corrected chi connectivity index (χ1v) is 5.47. The summed E-state index contributed by atoms with van der Waals surface area (Å²) in [6, 6.07) is 5.57. The molecule has 0 unspecified atom stereocenters. The third-order valence-electron chi connectivity index (χ3n) is 2.05. The van der Waals surface area contributed by atoms with Crippen molar-refractivity contribution in [2.75, 3.05) is 0 Å². The minimum Gasteiger partial charge on any atom is -0.222 e. The van der Waals surface area contributed by atoms with Gasteiger partial charge < -0.3 is 0 Å². The lowest BCUT2D eigenvalue weighted by Crippen LogP contribution is -1.92. The van der Waals surface area contributed by atoms with Crippen molar-refractivity contribution in [2.45, 2.75) is 33.6 Å². The van der Waals surface area contributed by atoms with Gasteiger partial charge in [-0.05, 0) is 12.0 Å². The zero-order valence-electron chi connectivity index (χ0n) is 10.1. The molecule has 2 heterocycles. The summed E-state index contributed by atoms with van der Waals surface area (Å²) in [5, 5.41) is 13.0. The minimum atomic E-state index is 0.377. The highest BCUT2D eigenvalue weighted by Crippen LogP contribution is 2.13. The summed E-state index contributed by atoms with van der Waals surface area (Å²) in [5.74, 6) is 0.377. The molecule has 4 nitrogen and oxygen atoms in total. The number of rotatable bonds is 1. The number of fused-ring (bicyclic) bond motifs is 1. The predicted molar refractivity (Wildman–Crippen MR) is 63.1 cm³/mol. The van der Waals surface area contributed by atoms with E-state index >= 15 is 0 Å². The summed E-state index contributed by atoms with van der Waals surface area (Å²) >= 11 is 0. The van der Waals surface area contributed by atoms with E-state index in [9.17, 15) is 0 Å². The fraction of sp³-hybridized carbons (Fsp3) is 0.417. The summed E-state index contributed by atoms with van der Waals surface area (Å²) in [5.41, 5.74) is 2.15. The van der Waals surface area contributed by atoms with Crippen molar-refractivity contribution in [3.8, 4) is 6.07 Å². The van der Waals surface area contributed by atoms with Crippen LogP contribution in [0.2, 0.25) is 0 Å². The molecule has 0 aliphatic carbocycles. The lowest BCUT2D eigenvalue weighted by Gasteiger charge is -1.94. The standard InChI is InChI=1S/C10H10N4.C2H6/c1-7(2)9-5-10-12-8(6-11)3-4-14(10)13-9;1-2/h3-5,7H,1-2H3;1-2H3. The van der Waals surface area contributed by atoms with E-state index in [1.165, 1.54) is 0 Å². The Morgan fingerprint density at radius 3 is 2.62 bits per heavy atom. The van der Waals surface area contributed by atoms with Crippen LogP contribution in [0.25, 0.3) is 5.65 Å². The monoisotopic (exact) mass is 216 g/mol. The number of hydrogen-bond donors (Lipinski definition) is 0. The lowest BCUT2D eigenvalue weighted by molar-refractivity contribution is 0.786. The smallest absolute Gasteiger partial charge is 0.156 e. The van der Waals surface area contributed by atoms with E-state index in [-0.39, 0.29) is 0 Å². The first-order chi connectivity index (χ1) is 7.70. The van der Waals surface area contributed by atoms with Gasteiger partial charge in [0.2, 0.25) is 0 Å². The molecule has 0 amide bonds. The number of nitrogens with zero attached hydrogens (tertiary/aromatic N) is 4. The average Bonchev–Trinajstić information content (AvgIpc) is 2.74. The SMILES string of the molecule is CC.CC(C)c1cc2nc(C#N)ccn2n1. The number of nitriles is 1. The largest absolute Gasteiger partial charge is 0.222 e. The zero-order chi connectivity index (χ0) is 12.1. The molecule has 2 aromatic rings. The van der Waals surface area contributed by atoms with Crippen LogP contribution in [0.4, 0.5) is 0 Å². The molecular formula is C12H16N4. The third kappa shape index (κ3) is 2.37. The summed E-state index contributed by atoms with van der Waals surface area (Å²) in [7, 11) is 0. The highest BCUT2D eigenvalue weighted by atomic mass is 15.2. The van der Waals surface area contributed by atoms with E-state index in [2.05, 4.69) is 23.9 Å². The second-order valence-electron chi connectivity index (χ2n) is 3.45. The quantitative estimate of drug-likeness (QED) is 0.736. The van der Waals surface area contributed by atoms with Gasteiger partial charge in [0.05, 0.1) is 5.69 Å². The van der Waals surface area contributed by atoms with Crippen molar-refractivity contribution >= 4 is 5.65 Å². The molecule has 2 aromatic heterocycles. The fourth-order valence-corrected chi connectivity index (χ4v) is 1.24. The molecule has 0 aromatic carbocycles. The van der Waals surface area contributed by atoms with E-state index in [4.69, 9.17) is 5.26 Å². The van der Waals surface area contributed by atoms with Crippen molar-refractivity contribution in [2.24, 2.45) is 0 Å². The van der Waals surface area contributed by atoms with Gasteiger partial charge in [-0.15, -0.1) is 0 Å². The Morgan fingerprint density at radius 1 is 1.38 bits per heavy atom. The Balaban J connectivity index is 0.000000606. The van der Waals surface area contributed by atoms with Gasteiger partial charge in [0.1, 0.15) is 11.8 Å². The maximum atomic E-state index is 8.67. The Bertz CT molecular complexity index is 505. The summed E-state index contributed by atoms with van der Waals surface area (Å²) in [4.78, 5) is 4.14. The summed E-state index contributed by atoms with van der Waals surface area (Å²) < 4.78 is 1.69. The van der Waals surface area contributed by atoms with Crippen LogP contribution in [0, 0.1) is 11.3 Å². The van der Waals surface area contributed by atoms with Crippen LogP contribution in [0.15, 0.2) is 18.3 Å². The first-order valence-electron chi connectivity index (χ1n) is 5.47. The van der Waals surface area contributed by atoms with Crippen LogP contribution < -0.4 is 0 Å². The molecule has 0 saturated heterocycles. The van der Waals surface area contributed by atoms with Crippen LogP contribution in [0.5, 0.6) is 0 Å². The van der Waals surface area contributed by atoms with Crippen LogP contribution >= 0.6 is 0 Å². The average molecular weight is 216 g/mol. The fourth-order valence-electron chi connectivity index (χ4n) is 1.24. The van der Waals surface area contributed by atoms with E-state index in [1.807, 2.05) is 26.0 Å². The molecule has 84 valence electrons. The molecule has 2 rings (SSSR count). The molecule has 0 saturated carbocycles. The molecule has 0 aliphatic heterocycles. The van der Waals surface area contributed by atoms with E-state index in [1.54, 1.807) is 16.8 Å². The molecule has 16 heavy (non-hydrogen) atoms. The van der Waals surface area contributed by atoms with Crippen LogP contribution in [-0.2, 0) is 0 Å². The Kier molecular flexibility index (Phi) is 4.01. The van der Waals surface area contributed by atoms with Crippen LogP contribution in [-0.4, -0.2) is 14.6 Å². The van der Waals surface area contributed by atoms with Crippen molar-refractivity contribution in [3.05, 3.63) is 29.7 Å². The van der Waals surface area contributed by atoms with Gasteiger partial charge in [-0.25, -0.2) is 9.50 Å². The van der Waals surface area contributed by atoms with E-state index < -0.39 is 0 Å². The molecule has 0 radical (unpaired) electrons. The number of aromatic nitrogens is 3. The Labute approximate surface area is 95.5 Å². The maximum Gasteiger partial charge on any atom is 0.156 e. The van der Waals surface area contributed by atoms with Crippen molar-refractivity contribution < 1.29 is 0 Å². The van der Waals surface area contributed by atoms with Gasteiger partial charge >= 0.3 is 0 Å². The molecule has 0 spiro atoms. The third-order valence-corrected chi connectivity index (χ3v) is 2.05. The molecule has 4 heteroatoms. The van der Waals surface area contributed by atoms with E-state index in [0.29, 0.717) is 11.6 Å². The zero-order valence-corrected chi connectivity index (χ0v) is 10.1. The van der Waals surface area contributed by atoms with Gasteiger partial charge in [0.25, 0.3) is 0 Å². The van der Waals surface area contributed by atoms with Gasteiger partial charge in [0, 0.05) is 12.3 Å². The Morgan fingerprint density at radius 2 is 2.06 bits per heavy atom. The second kappa shape index (κ2) is 5.26. The van der Waals surface area contributed by atoms with Crippen LogP contribution in [0.3, 0.4) is 0 Å². The van der Waals surface area contributed by atoms with Gasteiger partial charge in [-0.3, -0.25) is 0 Å². The molecule has 0 aliphatic rings. The second-order valence-corrected chi connectivity index (χ2v) is 3.45. The van der Waals surface area contributed by atoms with Gasteiger partial charge in [0.15, 0.2) is 5.65 Å².